The average molecular weight is 445 g/mol. The Morgan fingerprint density at radius 3 is 2.50 bits per heavy atom. The number of fused-ring (bicyclic) bond motifs is 1. The molecular weight excluding hydrogens is 427 g/mol. The number of hydrogen-bond acceptors (Lipinski definition) is 5. The number of hydrogen-bond donors (Lipinski definition) is 1. The average Bonchev–Trinajstić information content (AvgIpc) is 2.90. The van der Waals surface area contributed by atoms with Gasteiger partial charge in [-0.15, -0.1) is 0 Å². The summed E-state index contributed by atoms with van der Waals surface area (Å²) in [6.45, 7) is 2.84. The summed E-state index contributed by atoms with van der Waals surface area (Å²) in [7, 11) is 0.969. The molecule has 1 N–H and O–H groups in total. The van der Waals surface area contributed by atoms with Gasteiger partial charge in [-0.3, -0.25) is 9.78 Å². The van der Waals surface area contributed by atoms with Crippen molar-refractivity contribution in [1.82, 2.24) is 9.88 Å². The lowest BCUT2D eigenvalue weighted by Gasteiger charge is -2.28. The first kappa shape index (κ1) is 21.4. The number of methoxy groups -OCH3 is 1. The maximum atomic E-state index is 14.7. The highest BCUT2D eigenvalue weighted by atomic mass is 19.2. The van der Waals surface area contributed by atoms with E-state index in [0.29, 0.717) is 27.4 Å². The Balaban J connectivity index is 1.78. The van der Waals surface area contributed by atoms with Crippen molar-refractivity contribution in [2.75, 3.05) is 12.0 Å². The van der Waals surface area contributed by atoms with E-state index in [2.05, 4.69) is 9.72 Å². The number of rotatable bonds is 4. The second-order valence-electron chi connectivity index (χ2n) is 7.78. The molecule has 32 heavy (non-hydrogen) atoms. The zero-order valence-electron chi connectivity index (χ0n) is 17.3. The van der Waals surface area contributed by atoms with E-state index in [0.717, 1.165) is 7.11 Å². The SMILES string of the molecule is COc1c(F)cc(N2C(=O)N(Cc3ccnc4cc(O)ccc34)C(C)(C)C2=O)c(F)c1F. The molecule has 0 radical (unpaired) electrons. The van der Waals surface area contributed by atoms with Crippen molar-refractivity contribution in [2.45, 2.75) is 25.9 Å². The number of urea groups is 1. The topological polar surface area (TPSA) is 83.0 Å². The Labute approximate surface area is 180 Å². The van der Waals surface area contributed by atoms with E-state index < -0.39 is 46.4 Å². The Morgan fingerprint density at radius 1 is 1.09 bits per heavy atom. The summed E-state index contributed by atoms with van der Waals surface area (Å²) < 4.78 is 47.6. The standard InChI is InChI=1S/C22H18F3N3O4/c1-22(2)20(30)28(16-9-14(23)19(32-3)18(25)17(16)24)21(31)27(22)10-11-6-7-26-15-8-12(29)4-5-13(11)15/h4-9,29H,10H2,1-3H3. The summed E-state index contributed by atoms with van der Waals surface area (Å²) in [5, 5.41) is 10.3. The van der Waals surface area contributed by atoms with Crippen LogP contribution in [0.4, 0.5) is 23.7 Å². The lowest BCUT2D eigenvalue weighted by Crippen LogP contribution is -2.43. The Bertz CT molecular complexity index is 1280. The van der Waals surface area contributed by atoms with E-state index in [4.69, 9.17) is 0 Å². The molecule has 10 heteroatoms. The van der Waals surface area contributed by atoms with Gasteiger partial charge in [-0.1, -0.05) is 0 Å². The third-order valence-corrected chi connectivity index (χ3v) is 5.51. The number of phenols is 1. The highest BCUT2D eigenvalue weighted by molar-refractivity contribution is 6.23. The molecule has 1 aliphatic heterocycles. The molecule has 3 aromatic rings. The van der Waals surface area contributed by atoms with E-state index in [1.807, 2.05) is 0 Å². The smallest absolute Gasteiger partial charge is 0.332 e. The Morgan fingerprint density at radius 2 is 1.81 bits per heavy atom. The Kier molecular flexibility index (Phi) is 4.95. The maximum absolute atomic E-state index is 14.7. The molecule has 0 saturated carbocycles. The molecule has 0 atom stereocenters. The molecule has 1 fully saturated rings. The third kappa shape index (κ3) is 3.10. The van der Waals surface area contributed by atoms with Crippen molar-refractivity contribution in [3.63, 3.8) is 0 Å². The van der Waals surface area contributed by atoms with Crippen LogP contribution in [0.2, 0.25) is 0 Å². The van der Waals surface area contributed by atoms with Crippen LogP contribution in [0, 0.1) is 17.5 Å². The highest BCUT2D eigenvalue weighted by Crippen LogP contribution is 2.38. The number of carbonyl (C=O) groups excluding carboxylic acids is 2. The lowest BCUT2D eigenvalue weighted by atomic mass is 10.0. The zero-order chi connectivity index (χ0) is 23.4. The number of nitrogens with zero attached hydrogens (tertiary/aromatic N) is 3. The molecule has 0 unspecified atom stereocenters. The number of ether oxygens (including phenoxy) is 1. The van der Waals surface area contributed by atoms with Gasteiger partial charge in [0.25, 0.3) is 5.91 Å². The predicted octanol–water partition coefficient (Wildman–Crippen LogP) is 4.11. The van der Waals surface area contributed by atoms with Crippen LogP contribution in [0.5, 0.6) is 11.5 Å². The lowest BCUT2D eigenvalue weighted by molar-refractivity contribution is -0.123. The molecule has 166 valence electrons. The summed E-state index contributed by atoms with van der Waals surface area (Å²) in [6.07, 6.45) is 1.48. The predicted molar refractivity (Wildman–Crippen MR) is 109 cm³/mol. The Hall–Kier alpha value is -3.82. The van der Waals surface area contributed by atoms with Gasteiger partial charge in [0, 0.05) is 30.3 Å². The van der Waals surface area contributed by atoms with Gasteiger partial charge in [-0.25, -0.2) is 18.5 Å². The molecule has 1 saturated heterocycles. The van der Waals surface area contributed by atoms with Crippen molar-refractivity contribution < 1.29 is 32.6 Å². The third-order valence-electron chi connectivity index (χ3n) is 5.51. The first-order valence-corrected chi connectivity index (χ1v) is 9.52. The molecule has 4 rings (SSSR count). The number of pyridine rings is 1. The van der Waals surface area contributed by atoms with Crippen LogP contribution >= 0.6 is 0 Å². The van der Waals surface area contributed by atoms with Crippen molar-refractivity contribution in [2.24, 2.45) is 0 Å². The number of halogens is 3. The minimum absolute atomic E-state index is 0.0140. The summed E-state index contributed by atoms with van der Waals surface area (Å²) in [5.74, 6) is -6.25. The van der Waals surface area contributed by atoms with Crippen LogP contribution < -0.4 is 9.64 Å². The van der Waals surface area contributed by atoms with Gasteiger partial charge >= 0.3 is 6.03 Å². The summed E-state index contributed by atoms with van der Waals surface area (Å²) in [5.41, 5.74) is -1.20. The summed E-state index contributed by atoms with van der Waals surface area (Å²) in [6, 6.07) is 5.78. The highest BCUT2D eigenvalue weighted by Gasteiger charge is 2.53. The van der Waals surface area contributed by atoms with Gasteiger partial charge in [0.15, 0.2) is 17.4 Å². The second kappa shape index (κ2) is 7.40. The van der Waals surface area contributed by atoms with Gasteiger partial charge in [0.05, 0.1) is 18.3 Å². The molecule has 2 heterocycles. The van der Waals surface area contributed by atoms with Crippen LogP contribution in [-0.4, -0.2) is 39.6 Å². The van der Waals surface area contributed by atoms with Crippen LogP contribution in [0.3, 0.4) is 0 Å². The number of carbonyl (C=O) groups is 2. The minimum atomic E-state index is -1.64. The van der Waals surface area contributed by atoms with Crippen LogP contribution in [-0.2, 0) is 11.3 Å². The van der Waals surface area contributed by atoms with E-state index in [9.17, 15) is 27.9 Å². The molecule has 3 amide bonds. The van der Waals surface area contributed by atoms with E-state index in [-0.39, 0.29) is 12.3 Å². The fourth-order valence-corrected chi connectivity index (χ4v) is 3.73. The van der Waals surface area contributed by atoms with Crippen LogP contribution in [0.25, 0.3) is 10.9 Å². The van der Waals surface area contributed by atoms with Gasteiger partial charge < -0.3 is 14.7 Å². The number of phenolic OH excluding ortho intramolecular Hbond substituents is 1. The zero-order valence-corrected chi connectivity index (χ0v) is 17.3. The number of aromatic hydroxyl groups is 1. The fourth-order valence-electron chi connectivity index (χ4n) is 3.73. The number of imide groups is 1. The normalized spacial score (nSPS) is 15.7. The van der Waals surface area contributed by atoms with Crippen LogP contribution in [0.15, 0.2) is 36.5 Å². The quantitative estimate of drug-likeness (QED) is 0.483. The van der Waals surface area contributed by atoms with Crippen molar-refractivity contribution >= 4 is 28.5 Å². The van der Waals surface area contributed by atoms with E-state index >= 15 is 0 Å². The van der Waals surface area contributed by atoms with Crippen molar-refractivity contribution in [3.8, 4) is 11.5 Å². The number of amides is 3. The van der Waals surface area contributed by atoms with Crippen molar-refractivity contribution in [1.29, 1.82) is 0 Å². The van der Waals surface area contributed by atoms with Gasteiger partial charge in [0.2, 0.25) is 5.82 Å². The molecule has 0 bridgehead atoms. The van der Waals surface area contributed by atoms with Crippen LogP contribution in [0.1, 0.15) is 19.4 Å². The molecular formula is C22H18F3N3O4. The maximum Gasteiger partial charge on any atom is 0.332 e. The van der Waals surface area contributed by atoms with E-state index in [1.54, 1.807) is 12.1 Å². The molecule has 0 aliphatic carbocycles. The summed E-state index contributed by atoms with van der Waals surface area (Å²) >= 11 is 0. The minimum Gasteiger partial charge on any atom is -0.508 e. The van der Waals surface area contributed by atoms with Crippen molar-refractivity contribution in [3.05, 3.63) is 59.5 Å². The summed E-state index contributed by atoms with van der Waals surface area (Å²) in [4.78, 5) is 32.0. The van der Waals surface area contributed by atoms with Gasteiger partial charge in [0.1, 0.15) is 11.3 Å². The fraction of sp³-hybridized carbons (Fsp3) is 0.227. The monoisotopic (exact) mass is 445 g/mol. The molecule has 0 spiro atoms. The van der Waals surface area contributed by atoms with E-state index in [1.165, 1.54) is 37.1 Å². The first-order valence-electron chi connectivity index (χ1n) is 9.52. The first-order chi connectivity index (χ1) is 15.1. The molecule has 1 aliphatic rings. The number of aromatic nitrogens is 1. The number of benzene rings is 2. The van der Waals surface area contributed by atoms with Gasteiger partial charge in [-0.2, -0.15) is 4.39 Å². The largest absolute Gasteiger partial charge is 0.508 e. The second-order valence-corrected chi connectivity index (χ2v) is 7.78. The molecule has 1 aromatic heterocycles. The van der Waals surface area contributed by atoms with Gasteiger partial charge in [-0.05, 0) is 37.6 Å². The number of anilines is 1. The molecule has 2 aromatic carbocycles. The molecule has 7 nitrogen and oxygen atoms in total.